The summed E-state index contributed by atoms with van der Waals surface area (Å²) < 4.78 is 5.22. The Labute approximate surface area is 148 Å². The molecule has 4 nitrogen and oxygen atoms in total. The van der Waals surface area contributed by atoms with Crippen LogP contribution in [0, 0.1) is 0 Å². The number of benzene rings is 2. The molecule has 2 aromatic heterocycles. The van der Waals surface area contributed by atoms with Gasteiger partial charge in [0.1, 0.15) is 5.69 Å². The first-order valence-electron chi connectivity index (χ1n) is 7.77. The van der Waals surface area contributed by atoms with E-state index in [0.717, 1.165) is 11.1 Å². The molecule has 4 rings (SSSR count). The topological polar surface area (TPSA) is 55.1 Å². The minimum Gasteiger partial charge on any atom is -0.350 e. The molecular weight excluding hydrogens is 332 g/mol. The van der Waals surface area contributed by atoms with Gasteiger partial charge in [0.2, 0.25) is 5.76 Å². The van der Waals surface area contributed by atoms with Gasteiger partial charge in [0.25, 0.3) is 5.91 Å². The SMILES string of the molecule is O=C(Nc1ccccc1)c1cc(-c2cccc(-c3cccs3)c2)no1. The molecule has 0 aliphatic heterocycles. The lowest BCUT2D eigenvalue weighted by molar-refractivity contribution is 0.0988. The molecule has 2 aromatic carbocycles. The number of amides is 1. The van der Waals surface area contributed by atoms with Gasteiger partial charge in [-0.1, -0.05) is 47.6 Å². The normalized spacial score (nSPS) is 10.6. The molecule has 0 radical (unpaired) electrons. The summed E-state index contributed by atoms with van der Waals surface area (Å²) in [5.41, 5.74) is 3.38. The fourth-order valence-corrected chi connectivity index (χ4v) is 3.23. The van der Waals surface area contributed by atoms with Gasteiger partial charge in [-0.2, -0.15) is 0 Å². The third kappa shape index (κ3) is 3.36. The first kappa shape index (κ1) is 15.4. The van der Waals surface area contributed by atoms with Crippen LogP contribution in [-0.2, 0) is 0 Å². The number of carbonyl (C=O) groups is 1. The zero-order chi connectivity index (χ0) is 17.1. The Balaban J connectivity index is 1.57. The van der Waals surface area contributed by atoms with E-state index in [1.807, 2.05) is 60.0 Å². The number of nitrogens with one attached hydrogen (secondary N) is 1. The van der Waals surface area contributed by atoms with E-state index >= 15 is 0 Å². The van der Waals surface area contributed by atoms with Gasteiger partial charge in [-0.25, -0.2) is 0 Å². The highest BCUT2D eigenvalue weighted by molar-refractivity contribution is 7.13. The standard InChI is InChI=1S/C20H14N2O2S/c23-20(21-16-8-2-1-3-9-16)18-13-17(22-24-18)14-6-4-7-15(12-14)19-10-5-11-25-19/h1-13H,(H,21,23). The van der Waals surface area contributed by atoms with Gasteiger partial charge >= 0.3 is 0 Å². The molecule has 25 heavy (non-hydrogen) atoms. The zero-order valence-corrected chi connectivity index (χ0v) is 14.0. The van der Waals surface area contributed by atoms with Crippen molar-refractivity contribution in [2.24, 2.45) is 0 Å². The van der Waals surface area contributed by atoms with Gasteiger partial charge in [0.15, 0.2) is 0 Å². The van der Waals surface area contributed by atoms with Gasteiger partial charge in [0, 0.05) is 22.2 Å². The van der Waals surface area contributed by atoms with Gasteiger partial charge in [-0.05, 0) is 35.2 Å². The molecular formula is C20H14N2O2S. The van der Waals surface area contributed by atoms with Gasteiger partial charge in [-0.3, -0.25) is 4.79 Å². The first-order chi connectivity index (χ1) is 12.3. The van der Waals surface area contributed by atoms with Crippen LogP contribution in [0.15, 0.2) is 82.7 Å². The van der Waals surface area contributed by atoms with E-state index in [1.165, 1.54) is 4.88 Å². The van der Waals surface area contributed by atoms with E-state index in [-0.39, 0.29) is 11.7 Å². The van der Waals surface area contributed by atoms with E-state index < -0.39 is 0 Å². The molecule has 0 saturated heterocycles. The summed E-state index contributed by atoms with van der Waals surface area (Å²) in [5, 5.41) is 8.87. The summed E-state index contributed by atoms with van der Waals surface area (Å²) in [4.78, 5) is 13.5. The predicted molar refractivity (Wildman–Crippen MR) is 99.6 cm³/mol. The summed E-state index contributed by atoms with van der Waals surface area (Å²) in [6, 6.07) is 23.0. The van der Waals surface area contributed by atoms with Gasteiger partial charge < -0.3 is 9.84 Å². The van der Waals surface area contributed by atoms with Crippen molar-refractivity contribution in [2.45, 2.75) is 0 Å². The van der Waals surface area contributed by atoms with Crippen molar-refractivity contribution in [1.82, 2.24) is 5.16 Å². The Morgan fingerprint density at radius 3 is 2.56 bits per heavy atom. The summed E-state index contributed by atoms with van der Waals surface area (Å²) >= 11 is 1.68. The number of aromatic nitrogens is 1. The molecule has 2 heterocycles. The van der Waals surface area contributed by atoms with Crippen LogP contribution in [0.25, 0.3) is 21.7 Å². The second-order valence-electron chi connectivity index (χ2n) is 5.45. The summed E-state index contributed by atoms with van der Waals surface area (Å²) in [7, 11) is 0. The Bertz CT molecular complexity index is 991. The second kappa shape index (κ2) is 6.75. The number of rotatable bonds is 4. The fraction of sp³-hybridized carbons (Fsp3) is 0. The maximum atomic E-state index is 12.3. The van der Waals surface area contributed by atoms with Gasteiger partial charge in [-0.15, -0.1) is 11.3 Å². The molecule has 0 aliphatic rings. The Morgan fingerprint density at radius 1 is 0.920 bits per heavy atom. The lowest BCUT2D eigenvalue weighted by atomic mass is 10.1. The molecule has 0 bridgehead atoms. The number of carbonyl (C=O) groups excluding carboxylic acids is 1. The van der Waals surface area contributed by atoms with Crippen LogP contribution in [0.5, 0.6) is 0 Å². The first-order valence-corrected chi connectivity index (χ1v) is 8.65. The van der Waals surface area contributed by atoms with Crippen LogP contribution in [-0.4, -0.2) is 11.1 Å². The van der Waals surface area contributed by atoms with Crippen molar-refractivity contribution < 1.29 is 9.32 Å². The minimum absolute atomic E-state index is 0.181. The minimum atomic E-state index is -0.320. The van der Waals surface area contributed by atoms with Crippen molar-refractivity contribution >= 4 is 22.9 Å². The molecule has 1 N–H and O–H groups in total. The van der Waals surface area contributed by atoms with Crippen LogP contribution in [0.4, 0.5) is 5.69 Å². The van der Waals surface area contributed by atoms with Gasteiger partial charge in [0.05, 0.1) is 0 Å². The third-order valence-corrected chi connectivity index (χ3v) is 4.65. The molecule has 0 atom stereocenters. The average Bonchev–Trinajstić information content (AvgIpc) is 3.35. The molecule has 5 heteroatoms. The molecule has 0 fully saturated rings. The summed E-state index contributed by atoms with van der Waals surface area (Å²) in [5.74, 6) is -0.139. The second-order valence-corrected chi connectivity index (χ2v) is 6.40. The molecule has 0 saturated carbocycles. The van der Waals surface area contributed by atoms with Crippen molar-refractivity contribution in [2.75, 3.05) is 5.32 Å². The summed E-state index contributed by atoms with van der Waals surface area (Å²) in [6.07, 6.45) is 0. The lowest BCUT2D eigenvalue weighted by Gasteiger charge is -2.01. The quantitative estimate of drug-likeness (QED) is 0.544. The van der Waals surface area contributed by atoms with Crippen molar-refractivity contribution in [3.05, 3.63) is 83.9 Å². The summed E-state index contributed by atoms with van der Waals surface area (Å²) in [6.45, 7) is 0. The maximum absolute atomic E-state index is 12.3. The molecule has 122 valence electrons. The molecule has 0 spiro atoms. The molecule has 0 unspecified atom stereocenters. The number of thiophene rings is 1. The number of para-hydroxylation sites is 1. The van der Waals surface area contributed by atoms with Crippen molar-refractivity contribution in [3.63, 3.8) is 0 Å². The van der Waals surface area contributed by atoms with E-state index in [1.54, 1.807) is 17.4 Å². The van der Waals surface area contributed by atoms with E-state index in [4.69, 9.17) is 4.52 Å². The van der Waals surface area contributed by atoms with Crippen LogP contribution >= 0.6 is 11.3 Å². The largest absolute Gasteiger partial charge is 0.350 e. The Kier molecular flexibility index (Phi) is 4.14. The fourth-order valence-electron chi connectivity index (χ4n) is 2.51. The molecule has 1 amide bonds. The highest BCUT2D eigenvalue weighted by atomic mass is 32.1. The van der Waals surface area contributed by atoms with Crippen LogP contribution < -0.4 is 5.32 Å². The third-order valence-electron chi connectivity index (χ3n) is 3.73. The lowest BCUT2D eigenvalue weighted by Crippen LogP contribution is -2.10. The molecule has 0 aliphatic carbocycles. The highest BCUT2D eigenvalue weighted by Crippen LogP contribution is 2.29. The zero-order valence-electron chi connectivity index (χ0n) is 13.2. The average molecular weight is 346 g/mol. The Morgan fingerprint density at radius 2 is 1.76 bits per heavy atom. The number of anilines is 1. The van der Waals surface area contributed by atoms with Crippen LogP contribution in [0.1, 0.15) is 10.6 Å². The van der Waals surface area contributed by atoms with Crippen molar-refractivity contribution in [1.29, 1.82) is 0 Å². The van der Waals surface area contributed by atoms with Crippen LogP contribution in [0.3, 0.4) is 0 Å². The smallest absolute Gasteiger partial charge is 0.294 e. The van der Waals surface area contributed by atoms with E-state index in [9.17, 15) is 4.79 Å². The predicted octanol–water partition coefficient (Wildman–Crippen LogP) is 5.32. The van der Waals surface area contributed by atoms with E-state index in [2.05, 4.69) is 22.6 Å². The Hall–Kier alpha value is -3.18. The van der Waals surface area contributed by atoms with Crippen molar-refractivity contribution in [3.8, 4) is 21.7 Å². The highest BCUT2D eigenvalue weighted by Gasteiger charge is 2.14. The number of hydrogen-bond acceptors (Lipinski definition) is 4. The monoisotopic (exact) mass is 346 g/mol. The van der Waals surface area contributed by atoms with Crippen LogP contribution in [0.2, 0.25) is 0 Å². The number of hydrogen-bond donors (Lipinski definition) is 1. The maximum Gasteiger partial charge on any atom is 0.294 e. The molecule has 4 aromatic rings. The number of nitrogens with zero attached hydrogens (tertiary/aromatic N) is 1. The van der Waals surface area contributed by atoms with E-state index in [0.29, 0.717) is 11.4 Å².